The highest BCUT2D eigenvalue weighted by Gasteiger charge is 2.36. The van der Waals surface area contributed by atoms with Crippen LogP contribution in [-0.2, 0) is 16.0 Å². The summed E-state index contributed by atoms with van der Waals surface area (Å²) in [6.07, 6.45) is 0.801. The van der Waals surface area contributed by atoms with Crippen molar-refractivity contribution in [2.45, 2.75) is 65.1 Å². The van der Waals surface area contributed by atoms with E-state index < -0.39 is 5.60 Å². The molecule has 1 aliphatic heterocycles. The largest absolute Gasteiger partial charge is 0.444 e. The SMILES string of the molecule is C[C@@H]1CN(C(=O)OC(C)(C)C)C[C@H](C)N1C(=O)CCc1cscn1. The van der Waals surface area contributed by atoms with E-state index in [0.717, 1.165) is 5.69 Å². The minimum Gasteiger partial charge on any atom is -0.444 e. The number of carbonyl (C=O) groups is 2. The standard InChI is InChI=1S/C17H27N3O3S/c1-12-8-19(16(22)23-17(3,4)5)9-13(2)20(12)15(21)7-6-14-10-24-11-18-14/h10-13H,6-9H2,1-5H3/t12-,13+. The number of nitrogens with zero attached hydrogens (tertiary/aromatic N) is 3. The quantitative estimate of drug-likeness (QED) is 0.838. The number of carbonyl (C=O) groups excluding carboxylic acids is 2. The zero-order chi connectivity index (χ0) is 17.9. The molecule has 0 unspecified atom stereocenters. The zero-order valence-corrected chi connectivity index (χ0v) is 15.9. The molecule has 0 aromatic carbocycles. The maximum absolute atomic E-state index is 12.6. The topological polar surface area (TPSA) is 62.7 Å². The Morgan fingerprint density at radius 2 is 1.92 bits per heavy atom. The summed E-state index contributed by atoms with van der Waals surface area (Å²) in [6.45, 7) is 10.5. The Balaban J connectivity index is 1.92. The molecule has 7 heteroatoms. The lowest BCUT2D eigenvalue weighted by Crippen LogP contribution is -2.60. The molecular formula is C17H27N3O3S. The van der Waals surface area contributed by atoms with Gasteiger partial charge in [-0.05, 0) is 41.0 Å². The number of hydrogen-bond acceptors (Lipinski definition) is 5. The van der Waals surface area contributed by atoms with Crippen molar-refractivity contribution in [1.29, 1.82) is 0 Å². The summed E-state index contributed by atoms with van der Waals surface area (Å²) >= 11 is 1.54. The Labute approximate surface area is 147 Å². The highest BCUT2D eigenvalue weighted by atomic mass is 32.1. The van der Waals surface area contributed by atoms with Crippen LogP contribution in [-0.4, -0.2) is 57.6 Å². The summed E-state index contributed by atoms with van der Waals surface area (Å²) in [6, 6.07) is -0.0478. The molecule has 0 spiro atoms. The number of rotatable bonds is 3. The van der Waals surface area contributed by atoms with Gasteiger partial charge in [-0.2, -0.15) is 0 Å². The number of thiazole rings is 1. The molecular weight excluding hydrogens is 326 g/mol. The van der Waals surface area contributed by atoms with Crippen LogP contribution < -0.4 is 0 Å². The van der Waals surface area contributed by atoms with E-state index in [1.807, 2.05) is 44.9 Å². The Hall–Kier alpha value is -1.63. The second-order valence-corrected chi connectivity index (χ2v) is 8.08. The van der Waals surface area contributed by atoms with Gasteiger partial charge in [0.05, 0.1) is 11.2 Å². The minimum absolute atomic E-state index is 0.0239. The summed E-state index contributed by atoms with van der Waals surface area (Å²) in [5.41, 5.74) is 2.23. The normalized spacial score (nSPS) is 21.7. The van der Waals surface area contributed by atoms with Crippen molar-refractivity contribution >= 4 is 23.3 Å². The predicted octanol–water partition coefficient (Wildman–Crippen LogP) is 2.93. The van der Waals surface area contributed by atoms with Crippen molar-refractivity contribution in [2.24, 2.45) is 0 Å². The maximum atomic E-state index is 12.6. The monoisotopic (exact) mass is 353 g/mol. The Bertz CT molecular complexity index is 556. The fourth-order valence-electron chi connectivity index (χ4n) is 3.02. The lowest BCUT2D eigenvalue weighted by Gasteiger charge is -2.44. The van der Waals surface area contributed by atoms with Gasteiger partial charge in [0.25, 0.3) is 0 Å². The number of aromatic nitrogens is 1. The lowest BCUT2D eigenvalue weighted by atomic mass is 10.1. The highest BCUT2D eigenvalue weighted by Crippen LogP contribution is 2.20. The number of amides is 2. The molecule has 6 nitrogen and oxygen atoms in total. The number of aryl methyl sites for hydroxylation is 1. The molecule has 0 N–H and O–H groups in total. The molecule has 1 aliphatic rings. The van der Waals surface area contributed by atoms with Crippen molar-refractivity contribution in [3.63, 3.8) is 0 Å². The zero-order valence-electron chi connectivity index (χ0n) is 15.1. The molecule has 2 amide bonds. The summed E-state index contributed by atoms with van der Waals surface area (Å²) in [5.74, 6) is 0.117. The highest BCUT2D eigenvalue weighted by molar-refractivity contribution is 7.07. The van der Waals surface area contributed by atoms with Crippen LogP contribution in [0, 0.1) is 0 Å². The molecule has 2 atom stereocenters. The third-order valence-electron chi connectivity index (χ3n) is 3.94. The first-order chi connectivity index (χ1) is 11.2. The first-order valence-electron chi connectivity index (χ1n) is 8.33. The molecule has 1 saturated heterocycles. The molecule has 2 heterocycles. The van der Waals surface area contributed by atoms with Gasteiger partial charge >= 0.3 is 6.09 Å². The van der Waals surface area contributed by atoms with Gasteiger partial charge in [0.15, 0.2) is 0 Å². The second kappa shape index (κ2) is 7.51. The van der Waals surface area contributed by atoms with Gasteiger partial charge in [-0.15, -0.1) is 11.3 Å². The van der Waals surface area contributed by atoms with Gasteiger partial charge in [0.2, 0.25) is 5.91 Å². The van der Waals surface area contributed by atoms with Crippen LogP contribution in [0.1, 0.15) is 46.7 Å². The van der Waals surface area contributed by atoms with E-state index in [0.29, 0.717) is 25.9 Å². The van der Waals surface area contributed by atoms with Gasteiger partial charge in [-0.25, -0.2) is 9.78 Å². The molecule has 0 radical (unpaired) electrons. The van der Waals surface area contributed by atoms with Crippen LogP contribution in [0.4, 0.5) is 4.79 Å². The fraction of sp³-hybridized carbons (Fsp3) is 0.706. The number of piperazine rings is 1. The Kier molecular flexibility index (Phi) is 5.85. The second-order valence-electron chi connectivity index (χ2n) is 7.36. The summed E-state index contributed by atoms with van der Waals surface area (Å²) in [7, 11) is 0. The third kappa shape index (κ3) is 4.93. The van der Waals surface area contributed by atoms with Crippen LogP contribution in [0.2, 0.25) is 0 Å². The molecule has 134 valence electrons. The third-order valence-corrected chi connectivity index (χ3v) is 4.57. The van der Waals surface area contributed by atoms with Crippen molar-refractivity contribution < 1.29 is 14.3 Å². The average Bonchev–Trinajstić information content (AvgIpc) is 2.95. The van der Waals surface area contributed by atoms with Crippen molar-refractivity contribution in [3.8, 4) is 0 Å². The number of hydrogen-bond donors (Lipinski definition) is 0. The molecule has 2 rings (SSSR count). The molecule has 0 saturated carbocycles. The molecule has 0 bridgehead atoms. The first kappa shape index (κ1) is 18.7. The van der Waals surface area contributed by atoms with Crippen molar-refractivity contribution in [3.05, 3.63) is 16.6 Å². The molecule has 1 aromatic heterocycles. The Morgan fingerprint density at radius 3 is 2.42 bits per heavy atom. The van der Waals surface area contributed by atoms with Gasteiger partial charge in [0, 0.05) is 37.0 Å². The van der Waals surface area contributed by atoms with E-state index in [1.165, 1.54) is 0 Å². The van der Waals surface area contributed by atoms with Crippen LogP contribution in [0.15, 0.2) is 10.9 Å². The Morgan fingerprint density at radius 1 is 1.29 bits per heavy atom. The van der Waals surface area contributed by atoms with Gasteiger partial charge < -0.3 is 14.5 Å². The summed E-state index contributed by atoms with van der Waals surface area (Å²) in [4.78, 5) is 32.7. The molecule has 1 fully saturated rings. The predicted molar refractivity (Wildman–Crippen MR) is 94.0 cm³/mol. The smallest absolute Gasteiger partial charge is 0.410 e. The van der Waals surface area contributed by atoms with E-state index in [1.54, 1.807) is 21.7 Å². The first-order valence-corrected chi connectivity index (χ1v) is 9.28. The molecule has 1 aromatic rings. The van der Waals surface area contributed by atoms with Gasteiger partial charge in [-0.3, -0.25) is 4.79 Å². The van der Waals surface area contributed by atoms with Crippen LogP contribution in [0.3, 0.4) is 0 Å². The van der Waals surface area contributed by atoms with Gasteiger partial charge in [-0.1, -0.05) is 0 Å². The minimum atomic E-state index is -0.510. The lowest BCUT2D eigenvalue weighted by molar-refractivity contribution is -0.139. The van der Waals surface area contributed by atoms with Gasteiger partial charge in [0.1, 0.15) is 5.60 Å². The van der Waals surface area contributed by atoms with E-state index >= 15 is 0 Å². The van der Waals surface area contributed by atoms with Crippen molar-refractivity contribution in [2.75, 3.05) is 13.1 Å². The molecule has 24 heavy (non-hydrogen) atoms. The van der Waals surface area contributed by atoms with Crippen LogP contribution >= 0.6 is 11.3 Å². The molecule has 0 aliphatic carbocycles. The van der Waals surface area contributed by atoms with Crippen LogP contribution in [0.5, 0.6) is 0 Å². The summed E-state index contributed by atoms with van der Waals surface area (Å²) in [5, 5.41) is 1.97. The maximum Gasteiger partial charge on any atom is 0.410 e. The van der Waals surface area contributed by atoms with E-state index in [4.69, 9.17) is 4.74 Å². The van der Waals surface area contributed by atoms with Crippen LogP contribution in [0.25, 0.3) is 0 Å². The average molecular weight is 353 g/mol. The van der Waals surface area contributed by atoms with Crippen molar-refractivity contribution in [1.82, 2.24) is 14.8 Å². The fourth-order valence-corrected chi connectivity index (χ4v) is 3.61. The number of ether oxygens (including phenoxy) is 1. The van der Waals surface area contributed by atoms with E-state index in [-0.39, 0.29) is 24.1 Å². The summed E-state index contributed by atoms with van der Waals surface area (Å²) < 4.78 is 5.44. The van der Waals surface area contributed by atoms with E-state index in [2.05, 4.69) is 4.98 Å². The van der Waals surface area contributed by atoms with E-state index in [9.17, 15) is 9.59 Å².